The maximum Gasteiger partial charge on any atom is 0.348 e. The molecule has 0 fully saturated rings. The van der Waals surface area contributed by atoms with Gasteiger partial charge in [0.15, 0.2) is 6.61 Å². The Balaban J connectivity index is 1.76. The third-order valence-corrected chi connectivity index (χ3v) is 4.77. The molecule has 0 bridgehead atoms. The number of hydrogen-bond acceptors (Lipinski definition) is 4. The van der Waals surface area contributed by atoms with E-state index in [1.165, 1.54) is 12.1 Å². The standard InChI is InChI=1S/C22H17Cl2NO4/c23-17-11-12-19(18(24)13-17)25-20(26)14-29-21(27)22(28,15-7-3-1-4-8-15)16-9-5-2-6-10-16/h1-13,28H,14H2,(H,25,26). The largest absolute Gasteiger partial charge is 0.453 e. The summed E-state index contributed by atoms with van der Waals surface area (Å²) in [5, 5.41) is 14.5. The number of benzene rings is 3. The van der Waals surface area contributed by atoms with Crippen LogP contribution in [0.4, 0.5) is 5.69 Å². The first kappa shape index (κ1) is 20.9. The van der Waals surface area contributed by atoms with Gasteiger partial charge in [-0.05, 0) is 29.3 Å². The van der Waals surface area contributed by atoms with Crippen LogP contribution in [0, 0.1) is 0 Å². The van der Waals surface area contributed by atoms with Gasteiger partial charge in [-0.3, -0.25) is 4.79 Å². The molecule has 0 spiro atoms. The molecule has 0 unspecified atom stereocenters. The number of amides is 1. The highest BCUT2D eigenvalue weighted by Crippen LogP contribution is 2.31. The lowest BCUT2D eigenvalue weighted by molar-refractivity contribution is -0.163. The molecule has 7 heteroatoms. The fourth-order valence-electron chi connectivity index (χ4n) is 2.77. The number of carbonyl (C=O) groups excluding carboxylic acids is 2. The number of ether oxygens (including phenoxy) is 1. The van der Waals surface area contributed by atoms with Crippen molar-refractivity contribution in [2.45, 2.75) is 5.60 Å². The summed E-state index contributed by atoms with van der Waals surface area (Å²) in [6.45, 7) is -0.597. The zero-order valence-electron chi connectivity index (χ0n) is 15.1. The molecular formula is C22H17Cl2NO4. The van der Waals surface area contributed by atoms with Gasteiger partial charge in [0, 0.05) is 5.02 Å². The third-order valence-electron chi connectivity index (χ3n) is 4.22. The van der Waals surface area contributed by atoms with Crippen molar-refractivity contribution >= 4 is 40.8 Å². The highest BCUT2D eigenvalue weighted by molar-refractivity contribution is 6.36. The van der Waals surface area contributed by atoms with E-state index in [4.69, 9.17) is 27.9 Å². The second kappa shape index (κ2) is 9.09. The molecule has 0 aliphatic rings. The predicted octanol–water partition coefficient (Wildman–Crippen LogP) is 4.41. The van der Waals surface area contributed by atoms with Crippen LogP contribution in [0.15, 0.2) is 78.9 Å². The molecule has 0 saturated carbocycles. The van der Waals surface area contributed by atoms with Crippen LogP contribution in [-0.4, -0.2) is 23.6 Å². The van der Waals surface area contributed by atoms with Crippen molar-refractivity contribution in [1.29, 1.82) is 0 Å². The van der Waals surface area contributed by atoms with Crippen LogP contribution < -0.4 is 5.32 Å². The van der Waals surface area contributed by atoms with E-state index in [0.717, 1.165) is 0 Å². The van der Waals surface area contributed by atoms with Crippen molar-refractivity contribution in [1.82, 2.24) is 0 Å². The molecule has 2 N–H and O–H groups in total. The minimum atomic E-state index is -2.05. The van der Waals surface area contributed by atoms with Crippen LogP contribution in [0.25, 0.3) is 0 Å². The molecule has 3 aromatic carbocycles. The van der Waals surface area contributed by atoms with E-state index >= 15 is 0 Å². The number of rotatable bonds is 6. The van der Waals surface area contributed by atoms with Crippen molar-refractivity contribution in [3.63, 3.8) is 0 Å². The molecule has 0 heterocycles. The summed E-state index contributed by atoms with van der Waals surface area (Å²) in [6.07, 6.45) is 0. The molecule has 1 amide bonds. The van der Waals surface area contributed by atoms with Crippen molar-refractivity contribution in [2.75, 3.05) is 11.9 Å². The van der Waals surface area contributed by atoms with Crippen LogP contribution in [-0.2, 0) is 19.9 Å². The third kappa shape index (κ3) is 4.77. The molecule has 0 saturated heterocycles. The smallest absolute Gasteiger partial charge is 0.348 e. The first-order valence-electron chi connectivity index (χ1n) is 8.67. The zero-order chi connectivity index (χ0) is 20.9. The van der Waals surface area contributed by atoms with E-state index in [1.54, 1.807) is 66.7 Å². The Kier molecular flexibility index (Phi) is 6.54. The van der Waals surface area contributed by atoms with Crippen molar-refractivity contribution in [3.05, 3.63) is 100 Å². The highest BCUT2D eigenvalue weighted by atomic mass is 35.5. The fraction of sp³-hybridized carbons (Fsp3) is 0.0909. The average molecular weight is 430 g/mol. The lowest BCUT2D eigenvalue weighted by Gasteiger charge is -2.27. The first-order chi connectivity index (χ1) is 13.9. The van der Waals surface area contributed by atoms with E-state index in [1.807, 2.05) is 0 Å². The molecule has 0 radical (unpaired) electrons. The molecule has 0 aromatic heterocycles. The molecule has 5 nitrogen and oxygen atoms in total. The van der Waals surface area contributed by atoms with Crippen LogP contribution in [0.2, 0.25) is 10.0 Å². The fourth-order valence-corrected chi connectivity index (χ4v) is 3.23. The Hall–Kier alpha value is -2.86. The molecular weight excluding hydrogens is 413 g/mol. The Morgan fingerprint density at radius 3 is 1.97 bits per heavy atom. The minimum Gasteiger partial charge on any atom is -0.453 e. The van der Waals surface area contributed by atoms with Gasteiger partial charge in [0.05, 0.1) is 10.7 Å². The molecule has 3 aromatic rings. The number of anilines is 1. The van der Waals surface area contributed by atoms with Crippen molar-refractivity contribution in [2.24, 2.45) is 0 Å². The summed E-state index contributed by atoms with van der Waals surface area (Å²) in [4.78, 5) is 25.0. The molecule has 0 aliphatic heterocycles. The van der Waals surface area contributed by atoms with Gasteiger partial charge >= 0.3 is 5.97 Å². The monoisotopic (exact) mass is 429 g/mol. The number of hydrogen-bond donors (Lipinski definition) is 2. The number of aliphatic hydroxyl groups is 1. The second-order valence-corrected chi connectivity index (χ2v) is 7.03. The van der Waals surface area contributed by atoms with Gasteiger partial charge in [0.25, 0.3) is 5.91 Å². The minimum absolute atomic E-state index is 0.252. The van der Waals surface area contributed by atoms with Crippen LogP contribution in [0.3, 0.4) is 0 Å². The van der Waals surface area contributed by atoms with Gasteiger partial charge in [-0.2, -0.15) is 0 Å². The van der Waals surface area contributed by atoms with E-state index in [-0.39, 0.29) is 5.02 Å². The number of nitrogens with one attached hydrogen (secondary N) is 1. The summed E-state index contributed by atoms with van der Waals surface area (Å²) in [7, 11) is 0. The Labute approximate surface area is 177 Å². The van der Waals surface area contributed by atoms with Crippen molar-refractivity contribution < 1.29 is 19.4 Å². The average Bonchev–Trinajstić information content (AvgIpc) is 2.74. The molecule has 148 valence electrons. The summed E-state index contributed by atoms with van der Waals surface area (Å²) in [6, 6.07) is 21.4. The molecule has 0 aliphatic carbocycles. The van der Waals surface area contributed by atoms with Gasteiger partial charge < -0.3 is 15.2 Å². The lowest BCUT2D eigenvalue weighted by atomic mass is 9.86. The van der Waals surface area contributed by atoms with E-state index < -0.39 is 24.1 Å². The van der Waals surface area contributed by atoms with Crippen LogP contribution >= 0.6 is 23.2 Å². The zero-order valence-corrected chi connectivity index (χ0v) is 16.7. The number of esters is 1. The first-order valence-corrected chi connectivity index (χ1v) is 9.42. The van der Waals surface area contributed by atoms with Crippen LogP contribution in [0.5, 0.6) is 0 Å². The summed E-state index contributed by atoms with van der Waals surface area (Å²) < 4.78 is 5.14. The number of halogens is 2. The summed E-state index contributed by atoms with van der Waals surface area (Å²) in [5.74, 6) is -1.57. The number of carbonyl (C=O) groups is 2. The second-order valence-electron chi connectivity index (χ2n) is 6.19. The van der Waals surface area contributed by atoms with Gasteiger partial charge in [-0.25, -0.2) is 4.79 Å². The molecule has 3 rings (SSSR count). The Morgan fingerprint density at radius 1 is 0.897 bits per heavy atom. The highest BCUT2D eigenvalue weighted by Gasteiger charge is 2.41. The van der Waals surface area contributed by atoms with E-state index in [2.05, 4.69) is 5.32 Å². The maximum atomic E-state index is 12.8. The summed E-state index contributed by atoms with van der Waals surface area (Å²) in [5.41, 5.74) is -1.06. The molecule has 0 atom stereocenters. The van der Waals surface area contributed by atoms with Gasteiger partial charge in [0.1, 0.15) is 0 Å². The van der Waals surface area contributed by atoms with Crippen LogP contribution in [0.1, 0.15) is 11.1 Å². The normalized spacial score (nSPS) is 11.0. The molecule has 29 heavy (non-hydrogen) atoms. The lowest BCUT2D eigenvalue weighted by Crippen LogP contribution is -2.39. The SMILES string of the molecule is O=C(COC(=O)C(O)(c1ccccc1)c1ccccc1)Nc1ccc(Cl)cc1Cl. The predicted molar refractivity (Wildman–Crippen MR) is 112 cm³/mol. The van der Waals surface area contributed by atoms with Gasteiger partial charge in [-0.15, -0.1) is 0 Å². The van der Waals surface area contributed by atoms with Gasteiger partial charge in [0.2, 0.25) is 5.60 Å². The summed E-state index contributed by atoms with van der Waals surface area (Å²) >= 11 is 11.9. The van der Waals surface area contributed by atoms with Gasteiger partial charge in [-0.1, -0.05) is 83.9 Å². The van der Waals surface area contributed by atoms with E-state index in [9.17, 15) is 14.7 Å². The van der Waals surface area contributed by atoms with Crippen molar-refractivity contribution in [3.8, 4) is 0 Å². The maximum absolute atomic E-state index is 12.8. The Bertz CT molecular complexity index is 970. The van der Waals surface area contributed by atoms with E-state index in [0.29, 0.717) is 21.8 Å². The topological polar surface area (TPSA) is 75.6 Å². The quantitative estimate of drug-likeness (QED) is 0.568. The Morgan fingerprint density at radius 2 is 1.45 bits per heavy atom.